The molecule has 0 aliphatic rings. The van der Waals surface area contributed by atoms with Crippen LogP contribution >= 0.6 is 0 Å². The van der Waals surface area contributed by atoms with Crippen LogP contribution < -0.4 is 9.62 Å². The quantitative estimate of drug-likeness (QED) is 0.235. The van der Waals surface area contributed by atoms with Crippen LogP contribution in [0.15, 0.2) is 102 Å². The minimum absolute atomic E-state index is 0.0366. The van der Waals surface area contributed by atoms with Gasteiger partial charge in [0.05, 0.1) is 22.7 Å². The first-order chi connectivity index (χ1) is 16.9. The first-order valence-electron chi connectivity index (χ1n) is 11.2. The second-order valence-electron chi connectivity index (χ2n) is 7.70. The van der Waals surface area contributed by atoms with Crippen molar-refractivity contribution in [2.24, 2.45) is 0 Å². The molecular formula is C27H28N2O5S. The number of carbonyl (C=O) groups excluding carboxylic acids is 2. The number of hydrogen-bond acceptors (Lipinski definition) is 5. The van der Waals surface area contributed by atoms with E-state index in [2.05, 4.69) is 11.9 Å². The van der Waals surface area contributed by atoms with Gasteiger partial charge in [0.15, 0.2) is 6.61 Å². The summed E-state index contributed by atoms with van der Waals surface area (Å²) in [6.45, 7) is 3.71. The third kappa shape index (κ3) is 7.28. The first kappa shape index (κ1) is 25.7. The van der Waals surface area contributed by atoms with Crippen molar-refractivity contribution in [3.8, 4) is 0 Å². The number of rotatable bonds is 12. The Morgan fingerprint density at radius 2 is 1.63 bits per heavy atom. The van der Waals surface area contributed by atoms with E-state index in [0.717, 1.165) is 12.8 Å². The standard InChI is InChI=1S/C27H28N2O5S/c1-2-19-29(24-15-7-4-8-16-24)35(32,33)25-17-9-14-23(20-25)27(31)34-21-26(30)28-18-10-13-22-11-5-3-6-12-22/h2-9,11-12,14-17,20H,1,10,13,18-19,21H2,(H,28,30). The van der Waals surface area contributed by atoms with E-state index in [4.69, 9.17) is 4.74 Å². The van der Waals surface area contributed by atoms with Crippen LogP contribution in [0, 0.1) is 0 Å². The molecule has 1 amide bonds. The SMILES string of the molecule is C=CCN(c1ccccc1)S(=O)(=O)c1cccc(C(=O)OCC(=O)NCCCc2ccccc2)c1. The highest BCUT2D eigenvalue weighted by Crippen LogP contribution is 2.24. The van der Waals surface area contributed by atoms with Crippen molar-refractivity contribution >= 4 is 27.6 Å². The Balaban J connectivity index is 1.57. The summed E-state index contributed by atoms with van der Waals surface area (Å²) in [5.41, 5.74) is 1.70. The van der Waals surface area contributed by atoms with Crippen LogP contribution in [0.3, 0.4) is 0 Å². The van der Waals surface area contributed by atoms with Gasteiger partial charge in [-0.15, -0.1) is 6.58 Å². The Kier molecular flexibility index (Phi) is 9.20. The van der Waals surface area contributed by atoms with Gasteiger partial charge in [-0.3, -0.25) is 9.10 Å². The highest BCUT2D eigenvalue weighted by atomic mass is 32.2. The zero-order valence-electron chi connectivity index (χ0n) is 19.3. The molecule has 35 heavy (non-hydrogen) atoms. The second kappa shape index (κ2) is 12.5. The number of amides is 1. The smallest absolute Gasteiger partial charge is 0.338 e. The number of carbonyl (C=O) groups is 2. The lowest BCUT2D eigenvalue weighted by atomic mass is 10.1. The average molecular weight is 493 g/mol. The van der Waals surface area contributed by atoms with Crippen molar-refractivity contribution in [2.45, 2.75) is 17.7 Å². The number of anilines is 1. The highest BCUT2D eigenvalue weighted by molar-refractivity contribution is 7.92. The zero-order chi connectivity index (χ0) is 25.1. The molecule has 3 aromatic carbocycles. The van der Waals surface area contributed by atoms with Crippen molar-refractivity contribution in [1.29, 1.82) is 0 Å². The Morgan fingerprint density at radius 3 is 2.31 bits per heavy atom. The fourth-order valence-corrected chi connectivity index (χ4v) is 4.88. The largest absolute Gasteiger partial charge is 0.452 e. The van der Waals surface area contributed by atoms with Gasteiger partial charge in [-0.1, -0.05) is 60.7 Å². The molecule has 3 aromatic rings. The summed E-state index contributed by atoms with van der Waals surface area (Å²) < 4.78 is 32.8. The van der Waals surface area contributed by atoms with E-state index in [0.29, 0.717) is 12.2 Å². The Labute approximate surface area is 206 Å². The van der Waals surface area contributed by atoms with Crippen molar-refractivity contribution in [3.63, 3.8) is 0 Å². The number of aryl methyl sites for hydroxylation is 1. The Bertz CT molecular complexity index is 1240. The fraction of sp³-hybridized carbons (Fsp3) is 0.185. The average Bonchev–Trinajstić information content (AvgIpc) is 2.89. The van der Waals surface area contributed by atoms with Crippen molar-refractivity contribution in [1.82, 2.24) is 5.32 Å². The predicted molar refractivity (Wildman–Crippen MR) is 136 cm³/mol. The molecule has 0 heterocycles. The molecule has 0 saturated carbocycles. The normalized spacial score (nSPS) is 10.9. The summed E-state index contributed by atoms with van der Waals surface area (Å²) in [6, 6.07) is 24.1. The third-order valence-corrected chi connectivity index (χ3v) is 6.93. The van der Waals surface area contributed by atoms with Crippen LogP contribution in [-0.2, 0) is 26.0 Å². The molecule has 0 unspecified atom stereocenters. The summed E-state index contributed by atoms with van der Waals surface area (Å²) >= 11 is 0. The maximum absolute atomic E-state index is 13.3. The molecule has 3 rings (SSSR count). The second-order valence-corrected chi connectivity index (χ2v) is 9.57. The van der Waals surface area contributed by atoms with Crippen LogP contribution in [0.2, 0.25) is 0 Å². The van der Waals surface area contributed by atoms with E-state index in [9.17, 15) is 18.0 Å². The molecule has 0 radical (unpaired) electrons. The van der Waals surface area contributed by atoms with E-state index >= 15 is 0 Å². The lowest BCUT2D eigenvalue weighted by molar-refractivity contribution is -0.124. The number of nitrogens with zero attached hydrogens (tertiary/aromatic N) is 1. The number of nitrogens with one attached hydrogen (secondary N) is 1. The van der Waals surface area contributed by atoms with E-state index in [1.165, 1.54) is 40.2 Å². The van der Waals surface area contributed by atoms with Gasteiger partial charge >= 0.3 is 5.97 Å². The molecule has 0 saturated heterocycles. The lowest BCUT2D eigenvalue weighted by Gasteiger charge is -2.23. The number of ether oxygens (including phenoxy) is 1. The van der Waals surface area contributed by atoms with Crippen LogP contribution in [0.4, 0.5) is 5.69 Å². The molecule has 0 aliphatic heterocycles. The Morgan fingerprint density at radius 1 is 0.943 bits per heavy atom. The van der Waals surface area contributed by atoms with E-state index < -0.39 is 28.5 Å². The molecule has 1 N–H and O–H groups in total. The molecule has 0 aliphatic carbocycles. The molecule has 0 fully saturated rings. The summed E-state index contributed by atoms with van der Waals surface area (Å²) in [6.07, 6.45) is 3.07. The van der Waals surface area contributed by atoms with Gasteiger partial charge < -0.3 is 10.1 Å². The molecule has 0 spiro atoms. The van der Waals surface area contributed by atoms with Gasteiger partial charge in [-0.2, -0.15) is 0 Å². The third-order valence-electron chi connectivity index (χ3n) is 5.14. The molecule has 182 valence electrons. The number of benzene rings is 3. The molecular weight excluding hydrogens is 464 g/mol. The maximum Gasteiger partial charge on any atom is 0.338 e. The number of hydrogen-bond donors (Lipinski definition) is 1. The lowest BCUT2D eigenvalue weighted by Crippen LogP contribution is -2.31. The molecule has 8 heteroatoms. The molecule has 0 atom stereocenters. The molecule has 7 nitrogen and oxygen atoms in total. The zero-order valence-corrected chi connectivity index (χ0v) is 20.1. The summed E-state index contributed by atoms with van der Waals surface area (Å²) in [5, 5.41) is 2.71. The Hall–Kier alpha value is -3.91. The van der Waals surface area contributed by atoms with Gasteiger partial charge in [-0.25, -0.2) is 13.2 Å². The van der Waals surface area contributed by atoms with Gasteiger partial charge in [-0.05, 0) is 48.7 Å². The van der Waals surface area contributed by atoms with Crippen LogP contribution in [0.25, 0.3) is 0 Å². The monoisotopic (exact) mass is 492 g/mol. The fourth-order valence-electron chi connectivity index (χ4n) is 3.40. The van der Waals surface area contributed by atoms with Crippen molar-refractivity contribution in [3.05, 3.63) is 109 Å². The van der Waals surface area contributed by atoms with E-state index in [1.807, 2.05) is 30.3 Å². The minimum atomic E-state index is -3.97. The maximum atomic E-state index is 13.3. The van der Waals surface area contributed by atoms with Gasteiger partial charge in [0.25, 0.3) is 15.9 Å². The van der Waals surface area contributed by atoms with E-state index in [-0.39, 0.29) is 17.0 Å². The number of esters is 1. The molecule has 0 aromatic heterocycles. The molecule has 0 bridgehead atoms. The summed E-state index contributed by atoms with van der Waals surface area (Å²) in [7, 11) is -3.97. The van der Waals surface area contributed by atoms with Gasteiger partial charge in [0.1, 0.15) is 0 Å². The number of sulfonamides is 1. The highest BCUT2D eigenvalue weighted by Gasteiger charge is 2.25. The van der Waals surface area contributed by atoms with Crippen LogP contribution in [0.5, 0.6) is 0 Å². The van der Waals surface area contributed by atoms with Crippen molar-refractivity contribution in [2.75, 3.05) is 24.0 Å². The number of para-hydroxylation sites is 1. The van der Waals surface area contributed by atoms with Crippen LogP contribution in [-0.4, -0.2) is 40.0 Å². The van der Waals surface area contributed by atoms with Crippen molar-refractivity contribution < 1.29 is 22.7 Å². The van der Waals surface area contributed by atoms with E-state index in [1.54, 1.807) is 30.3 Å². The summed E-state index contributed by atoms with van der Waals surface area (Å²) in [4.78, 5) is 24.4. The van der Waals surface area contributed by atoms with Gasteiger partial charge in [0.2, 0.25) is 0 Å². The predicted octanol–water partition coefficient (Wildman–Crippen LogP) is 3.97. The first-order valence-corrected chi connectivity index (χ1v) is 12.6. The summed E-state index contributed by atoms with van der Waals surface area (Å²) in [5.74, 6) is -1.20. The minimum Gasteiger partial charge on any atom is -0.452 e. The topological polar surface area (TPSA) is 92.8 Å². The van der Waals surface area contributed by atoms with Gasteiger partial charge in [0, 0.05) is 6.54 Å². The van der Waals surface area contributed by atoms with Crippen LogP contribution in [0.1, 0.15) is 22.3 Å².